The van der Waals surface area contributed by atoms with Gasteiger partial charge < -0.3 is 16.2 Å². The van der Waals surface area contributed by atoms with Gasteiger partial charge >= 0.3 is 0 Å². The lowest BCUT2D eigenvalue weighted by Gasteiger charge is -2.28. The third kappa shape index (κ3) is 3.76. The van der Waals surface area contributed by atoms with Crippen molar-refractivity contribution in [3.8, 4) is 0 Å². The van der Waals surface area contributed by atoms with Crippen molar-refractivity contribution < 1.29 is 9.90 Å². The van der Waals surface area contributed by atoms with Crippen molar-refractivity contribution in [3.63, 3.8) is 0 Å². The summed E-state index contributed by atoms with van der Waals surface area (Å²) in [5, 5.41) is 12.4. The summed E-state index contributed by atoms with van der Waals surface area (Å²) in [5.41, 5.74) is 5.85. The molecule has 1 saturated carbocycles. The Morgan fingerprint density at radius 1 is 1.56 bits per heavy atom. The minimum Gasteiger partial charge on any atom is -0.393 e. The van der Waals surface area contributed by atoms with Crippen LogP contribution in [0.25, 0.3) is 0 Å². The maximum absolute atomic E-state index is 11.8. The average Bonchev–Trinajstić information content (AvgIpc) is 2.27. The molecule has 4 N–H and O–H groups in total. The zero-order valence-electron chi connectivity index (χ0n) is 10.3. The Balaban J connectivity index is 2.38. The number of hydrogen-bond donors (Lipinski definition) is 3. The number of rotatable bonds is 4. The molecule has 1 fully saturated rings. The first-order valence-electron chi connectivity index (χ1n) is 6.28. The Morgan fingerprint density at radius 2 is 2.25 bits per heavy atom. The molecule has 1 aliphatic rings. The minimum atomic E-state index is -0.427. The van der Waals surface area contributed by atoms with E-state index >= 15 is 0 Å². The predicted octanol–water partition coefficient (Wildman–Crippen LogP) is 0.779. The minimum absolute atomic E-state index is 0.0755. The quantitative estimate of drug-likeness (QED) is 0.665. The monoisotopic (exact) mass is 228 g/mol. The van der Waals surface area contributed by atoms with Crippen LogP contribution in [0, 0.1) is 5.92 Å². The van der Waals surface area contributed by atoms with Gasteiger partial charge in [0.15, 0.2) is 0 Å². The van der Waals surface area contributed by atoms with Crippen LogP contribution in [-0.2, 0) is 4.79 Å². The molecule has 0 aromatic rings. The maximum Gasteiger partial charge on any atom is 0.237 e. The second kappa shape index (κ2) is 6.21. The fraction of sp³-hybridized carbons (Fsp3) is 0.917. The third-order valence-corrected chi connectivity index (χ3v) is 3.55. The average molecular weight is 228 g/mol. The molecule has 0 bridgehead atoms. The van der Waals surface area contributed by atoms with E-state index in [2.05, 4.69) is 5.32 Å². The molecule has 0 aliphatic heterocycles. The lowest BCUT2D eigenvalue weighted by Crippen LogP contribution is -2.49. The molecule has 0 aromatic carbocycles. The van der Waals surface area contributed by atoms with E-state index in [1.807, 2.05) is 13.8 Å². The highest BCUT2D eigenvalue weighted by molar-refractivity contribution is 5.82. The van der Waals surface area contributed by atoms with Crippen LogP contribution in [0.15, 0.2) is 0 Å². The van der Waals surface area contributed by atoms with Gasteiger partial charge in [0.2, 0.25) is 5.91 Å². The first kappa shape index (κ1) is 13.5. The first-order chi connectivity index (χ1) is 7.54. The second-order valence-electron chi connectivity index (χ2n) is 4.94. The van der Waals surface area contributed by atoms with Crippen LogP contribution >= 0.6 is 0 Å². The van der Waals surface area contributed by atoms with Crippen molar-refractivity contribution >= 4 is 5.91 Å². The van der Waals surface area contributed by atoms with Crippen molar-refractivity contribution in [2.45, 2.75) is 64.1 Å². The summed E-state index contributed by atoms with van der Waals surface area (Å²) in [6.45, 7) is 4.02. The summed E-state index contributed by atoms with van der Waals surface area (Å²) in [6, 6.07) is -0.324. The standard InChI is InChI=1S/C12H24N2O2/c1-3-8(2)11(13)12(16)14-9-5-4-6-10(15)7-9/h8-11,15H,3-7,13H2,1-2H3,(H,14,16)/t8-,9?,10?,11-/m0/s1. The molecule has 1 amide bonds. The van der Waals surface area contributed by atoms with Gasteiger partial charge in [-0.3, -0.25) is 4.79 Å². The van der Waals surface area contributed by atoms with E-state index in [0.717, 1.165) is 25.7 Å². The maximum atomic E-state index is 11.8. The van der Waals surface area contributed by atoms with E-state index in [-0.39, 0.29) is 24.0 Å². The highest BCUT2D eigenvalue weighted by Gasteiger charge is 2.25. The fourth-order valence-corrected chi connectivity index (χ4v) is 2.10. The van der Waals surface area contributed by atoms with Gasteiger partial charge in [-0.25, -0.2) is 0 Å². The van der Waals surface area contributed by atoms with Crippen molar-refractivity contribution in [2.75, 3.05) is 0 Å². The van der Waals surface area contributed by atoms with Gasteiger partial charge in [0.05, 0.1) is 12.1 Å². The largest absolute Gasteiger partial charge is 0.393 e. The van der Waals surface area contributed by atoms with Crippen molar-refractivity contribution in [2.24, 2.45) is 11.7 Å². The number of carbonyl (C=O) groups is 1. The summed E-state index contributed by atoms with van der Waals surface area (Å²) in [5.74, 6) is 0.127. The van der Waals surface area contributed by atoms with Gasteiger partial charge in [0.1, 0.15) is 0 Å². The lowest BCUT2D eigenvalue weighted by atomic mass is 9.92. The number of carbonyl (C=O) groups excluding carboxylic acids is 1. The smallest absolute Gasteiger partial charge is 0.237 e. The number of nitrogens with one attached hydrogen (secondary N) is 1. The molecule has 1 aliphatic carbocycles. The zero-order chi connectivity index (χ0) is 12.1. The number of hydrogen-bond acceptors (Lipinski definition) is 3. The molecule has 0 aromatic heterocycles. The zero-order valence-corrected chi connectivity index (χ0v) is 10.3. The Kier molecular flexibility index (Phi) is 5.22. The van der Waals surface area contributed by atoms with Gasteiger partial charge in [-0.1, -0.05) is 20.3 Å². The molecule has 0 saturated heterocycles. The molecule has 4 nitrogen and oxygen atoms in total. The van der Waals surface area contributed by atoms with E-state index in [4.69, 9.17) is 5.73 Å². The van der Waals surface area contributed by atoms with Crippen LogP contribution < -0.4 is 11.1 Å². The van der Waals surface area contributed by atoms with Gasteiger partial charge in [-0.2, -0.15) is 0 Å². The Bertz CT molecular complexity index is 233. The van der Waals surface area contributed by atoms with Crippen molar-refractivity contribution in [1.82, 2.24) is 5.32 Å². The van der Waals surface area contributed by atoms with Crippen LogP contribution in [0.3, 0.4) is 0 Å². The molecule has 0 spiro atoms. The third-order valence-electron chi connectivity index (χ3n) is 3.55. The van der Waals surface area contributed by atoms with E-state index in [9.17, 15) is 9.90 Å². The molecule has 4 heteroatoms. The summed E-state index contributed by atoms with van der Waals surface area (Å²) in [4.78, 5) is 11.8. The first-order valence-corrected chi connectivity index (χ1v) is 6.28. The van der Waals surface area contributed by atoms with Gasteiger partial charge in [-0.15, -0.1) is 0 Å². The molecule has 2 unspecified atom stereocenters. The van der Waals surface area contributed by atoms with E-state index in [0.29, 0.717) is 6.42 Å². The number of amides is 1. The molecule has 16 heavy (non-hydrogen) atoms. The summed E-state index contributed by atoms with van der Waals surface area (Å²) >= 11 is 0. The number of aliphatic hydroxyl groups excluding tert-OH is 1. The molecular weight excluding hydrogens is 204 g/mol. The molecular formula is C12H24N2O2. The highest BCUT2D eigenvalue weighted by atomic mass is 16.3. The van der Waals surface area contributed by atoms with E-state index < -0.39 is 6.04 Å². The van der Waals surface area contributed by atoms with Crippen molar-refractivity contribution in [1.29, 1.82) is 0 Å². The Morgan fingerprint density at radius 3 is 2.81 bits per heavy atom. The van der Waals surface area contributed by atoms with Gasteiger partial charge in [-0.05, 0) is 31.6 Å². The SMILES string of the molecule is CC[C@H](C)[C@H](N)C(=O)NC1CCCC(O)C1. The van der Waals surface area contributed by atoms with Crippen LogP contribution in [0.1, 0.15) is 46.0 Å². The molecule has 1 rings (SSSR count). The summed E-state index contributed by atoms with van der Waals surface area (Å²) in [6.07, 6.45) is 4.09. The van der Waals surface area contributed by atoms with Gasteiger partial charge in [0, 0.05) is 6.04 Å². The topological polar surface area (TPSA) is 75.4 Å². The number of nitrogens with two attached hydrogens (primary N) is 1. The normalized spacial score (nSPS) is 29.5. The molecule has 4 atom stereocenters. The lowest BCUT2D eigenvalue weighted by molar-refractivity contribution is -0.124. The molecule has 94 valence electrons. The molecule has 0 radical (unpaired) electrons. The van der Waals surface area contributed by atoms with Crippen LogP contribution in [0.5, 0.6) is 0 Å². The van der Waals surface area contributed by atoms with Gasteiger partial charge in [0.25, 0.3) is 0 Å². The highest BCUT2D eigenvalue weighted by Crippen LogP contribution is 2.18. The van der Waals surface area contributed by atoms with Crippen LogP contribution in [-0.4, -0.2) is 29.2 Å². The van der Waals surface area contributed by atoms with E-state index in [1.165, 1.54) is 0 Å². The van der Waals surface area contributed by atoms with E-state index in [1.54, 1.807) is 0 Å². The summed E-state index contributed by atoms with van der Waals surface area (Å²) in [7, 11) is 0. The molecule has 0 heterocycles. The Labute approximate surface area is 97.6 Å². The fourth-order valence-electron chi connectivity index (χ4n) is 2.10. The predicted molar refractivity (Wildman–Crippen MR) is 63.8 cm³/mol. The number of aliphatic hydroxyl groups is 1. The van der Waals surface area contributed by atoms with Crippen LogP contribution in [0.2, 0.25) is 0 Å². The summed E-state index contributed by atoms with van der Waals surface area (Å²) < 4.78 is 0. The Hall–Kier alpha value is -0.610. The second-order valence-corrected chi connectivity index (χ2v) is 4.94. The van der Waals surface area contributed by atoms with Crippen LogP contribution in [0.4, 0.5) is 0 Å². The van der Waals surface area contributed by atoms with Crippen molar-refractivity contribution in [3.05, 3.63) is 0 Å².